The highest BCUT2D eigenvalue weighted by molar-refractivity contribution is 5.34. The van der Waals surface area contributed by atoms with Gasteiger partial charge in [-0.15, -0.1) is 0 Å². The van der Waals surface area contributed by atoms with Crippen molar-refractivity contribution in [2.45, 2.75) is 12.0 Å². The molecule has 0 spiro atoms. The molecule has 0 radical (unpaired) electrons. The standard InChI is InChI=1S/C9H10O3/c10-7-2-4-9(11)3-1-5-12-8(9)6-7/h1-3,6,10-11H,4-5H2. The number of aliphatic hydroxyl groups is 2. The van der Waals surface area contributed by atoms with Gasteiger partial charge >= 0.3 is 0 Å². The molecule has 1 heterocycles. The highest BCUT2D eigenvalue weighted by Crippen LogP contribution is 2.31. The van der Waals surface area contributed by atoms with Gasteiger partial charge in [-0.25, -0.2) is 0 Å². The lowest BCUT2D eigenvalue weighted by Crippen LogP contribution is -2.34. The summed E-state index contributed by atoms with van der Waals surface area (Å²) in [7, 11) is 0. The third kappa shape index (κ3) is 1.02. The highest BCUT2D eigenvalue weighted by atomic mass is 16.5. The minimum absolute atomic E-state index is 0.157. The molecule has 0 saturated carbocycles. The van der Waals surface area contributed by atoms with Crippen LogP contribution in [0.2, 0.25) is 0 Å². The second-order valence-electron chi connectivity index (χ2n) is 2.98. The van der Waals surface area contributed by atoms with Gasteiger partial charge < -0.3 is 14.9 Å². The molecular formula is C9H10O3. The lowest BCUT2D eigenvalue weighted by atomic mass is 9.91. The Bertz CT molecular complexity index is 288. The number of allylic oxidation sites excluding steroid dienone is 1. The Morgan fingerprint density at radius 1 is 1.50 bits per heavy atom. The molecule has 1 unspecified atom stereocenters. The van der Waals surface area contributed by atoms with E-state index in [9.17, 15) is 5.11 Å². The van der Waals surface area contributed by atoms with Gasteiger partial charge in [0, 0.05) is 12.5 Å². The topological polar surface area (TPSA) is 49.7 Å². The Balaban J connectivity index is 2.38. The smallest absolute Gasteiger partial charge is 0.143 e. The predicted octanol–water partition coefficient (Wildman–Crippen LogP) is 1.03. The predicted molar refractivity (Wildman–Crippen MR) is 43.5 cm³/mol. The van der Waals surface area contributed by atoms with E-state index < -0.39 is 5.60 Å². The van der Waals surface area contributed by atoms with Gasteiger partial charge in [-0.2, -0.15) is 0 Å². The zero-order valence-corrected chi connectivity index (χ0v) is 6.53. The van der Waals surface area contributed by atoms with Crippen molar-refractivity contribution < 1.29 is 14.9 Å². The van der Waals surface area contributed by atoms with E-state index in [4.69, 9.17) is 9.84 Å². The molecule has 0 aromatic rings. The van der Waals surface area contributed by atoms with Crippen LogP contribution < -0.4 is 0 Å². The van der Waals surface area contributed by atoms with E-state index in [1.54, 1.807) is 18.2 Å². The summed E-state index contributed by atoms with van der Waals surface area (Å²) in [5.74, 6) is 0.593. The third-order valence-corrected chi connectivity index (χ3v) is 2.06. The minimum Gasteiger partial charge on any atom is -0.508 e. The number of rotatable bonds is 0. The van der Waals surface area contributed by atoms with Crippen LogP contribution in [0.3, 0.4) is 0 Å². The van der Waals surface area contributed by atoms with E-state index in [0.717, 1.165) is 0 Å². The van der Waals surface area contributed by atoms with Gasteiger partial charge in [-0.05, 0) is 18.2 Å². The van der Waals surface area contributed by atoms with E-state index in [-0.39, 0.29) is 5.76 Å². The van der Waals surface area contributed by atoms with Gasteiger partial charge in [0.15, 0.2) is 0 Å². The fourth-order valence-electron chi connectivity index (χ4n) is 1.38. The molecule has 2 aliphatic rings. The normalized spacial score (nSPS) is 33.1. The lowest BCUT2D eigenvalue weighted by molar-refractivity contribution is 0.0419. The summed E-state index contributed by atoms with van der Waals surface area (Å²) in [6, 6.07) is 0. The first-order valence-corrected chi connectivity index (χ1v) is 3.85. The zero-order valence-electron chi connectivity index (χ0n) is 6.53. The first-order valence-electron chi connectivity index (χ1n) is 3.85. The first-order chi connectivity index (χ1) is 5.71. The minimum atomic E-state index is -1.02. The SMILES string of the molecule is OC1=CCC2(O)C=CCOC2=C1. The number of hydrogen-bond acceptors (Lipinski definition) is 3. The Morgan fingerprint density at radius 2 is 2.33 bits per heavy atom. The Morgan fingerprint density at radius 3 is 3.17 bits per heavy atom. The Labute approximate surface area is 70.3 Å². The molecule has 0 saturated heterocycles. The maximum Gasteiger partial charge on any atom is 0.143 e. The van der Waals surface area contributed by atoms with Gasteiger partial charge in [-0.3, -0.25) is 0 Å². The average Bonchev–Trinajstić information content (AvgIpc) is 2.06. The van der Waals surface area contributed by atoms with E-state index in [1.807, 2.05) is 0 Å². The van der Waals surface area contributed by atoms with Gasteiger partial charge in [0.05, 0.1) is 0 Å². The molecular weight excluding hydrogens is 156 g/mol. The van der Waals surface area contributed by atoms with Crippen LogP contribution in [-0.2, 0) is 4.74 Å². The van der Waals surface area contributed by atoms with Gasteiger partial charge in [0.2, 0.25) is 0 Å². The van der Waals surface area contributed by atoms with Crippen LogP contribution in [0.25, 0.3) is 0 Å². The second kappa shape index (κ2) is 2.38. The molecule has 64 valence electrons. The van der Waals surface area contributed by atoms with Crippen LogP contribution in [0.4, 0.5) is 0 Å². The van der Waals surface area contributed by atoms with E-state index in [1.165, 1.54) is 6.08 Å². The molecule has 1 aliphatic heterocycles. The number of ether oxygens (including phenoxy) is 1. The zero-order chi connectivity index (χ0) is 8.60. The summed E-state index contributed by atoms with van der Waals surface area (Å²) in [5.41, 5.74) is -1.02. The molecule has 0 amide bonds. The summed E-state index contributed by atoms with van der Waals surface area (Å²) in [5, 5.41) is 19.0. The molecule has 1 atom stereocenters. The van der Waals surface area contributed by atoms with Crippen LogP contribution in [-0.4, -0.2) is 22.4 Å². The van der Waals surface area contributed by atoms with Crippen molar-refractivity contribution in [1.29, 1.82) is 0 Å². The molecule has 3 heteroatoms. The fourth-order valence-corrected chi connectivity index (χ4v) is 1.38. The summed E-state index contributed by atoms with van der Waals surface area (Å²) < 4.78 is 5.18. The maximum atomic E-state index is 9.87. The number of hydrogen-bond donors (Lipinski definition) is 2. The maximum absolute atomic E-state index is 9.87. The summed E-state index contributed by atoms with van der Waals surface area (Å²) in [4.78, 5) is 0. The summed E-state index contributed by atoms with van der Waals surface area (Å²) in [6.45, 7) is 0.460. The molecule has 3 nitrogen and oxygen atoms in total. The quantitative estimate of drug-likeness (QED) is 0.528. The van der Waals surface area contributed by atoms with E-state index in [2.05, 4.69) is 0 Å². The van der Waals surface area contributed by atoms with Crippen molar-refractivity contribution in [3.8, 4) is 0 Å². The van der Waals surface area contributed by atoms with Crippen LogP contribution in [0.1, 0.15) is 6.42 Å². The van der Waals surface area contributed by atoms with Crippen molar-refractivity contribution in [2.24, 2.45) is 0 Å². The average molecular weight is 166 g/mol. The van der Waals surface area contributed by atoms with Crippen molar-refractivity contribution >= 4 is 0 Å². The van der Waals surface area contributed by atoms with Gasteiger partial charge in [-0.1, -0.05) is 0 Å². The van der Waals surface area contributed by atoms with Crippen LogP contribution in [0, 0.1) is 0 Å². The molecule has 2 rings (SSSR count). The first kappa shape index (κ1) is 7.43. The molecule has 0 aromatic heterocycles. The van der Waals surface area contributed by atoms with Crippen LogP contribution in [0.15, 0.2) is 35.8 Å². The molecule has 0 aromatic carbocycles. The van der Waals surface area contributed by atoms with Crippen molar-refractivity contribution in [3.63, 3.8) is 0 Å². The molecule has 2 N–H and O–H groups in total. The van der Waals surface area contributed by atoms with Gasteiger partial charge in [0.25, 0.3) is 0 Å². The molecule has 1 aliphatic carbocycles. The second-order valence-corrected chi connectivity index (χ2v) is 2.98. The fraction of sp³-hybridized carbons (Fsp3) is 0.333. The van der Waals surface area contributed by atoms with Gasteiger partial charge in [0.1, 0.15) is 23.7 Å². The summed E-state index contributed by atoms with van der Waals surface area (Å²) in [6.07, 6.45) is 6.87. The van der Waals surface area contributed by atoms with Crippen LogP contribution >= 0.6 is 0 Å². The van der Waals surface area contributed by atoms with Crippen molar-refractivity contribution in [2.75, 3.05) is 6.61 Å². The molecule has 0 fully saturated rings. The third-order valence-electron chi connectivity index (χ3n) is 2.06. The number of fused-ring (bicyclic) bond motifs is 1. The van der Waals surface area contributed by atoms with Crippen LogP contribution in [0.5, 0.6) is 0 Å². The van der Waals surface area contributed by atoms with E-state index >= 15 is 0 Å². The van der Waals surface area contributed by atoms with Crippen molar-refractivity contribution in [1.82, 2.24) is 0 Å². The largest absolute Gasteiger partial charge is 0.508 e. The monoisotopic (exact) mass is 166 g/mol. The number of aliphatic hydroxyl groups excluding tert-OH is 1. The lowest BCUT2D eigenvalue weighted by Gasteiger charge is -2.31. The summed E-state index contributed by atoms with van der Waals surface area (Å²) >= 11 is 0. The molecule has 0 bridgehead atoms. The van der Waals surface area contributed by atoms with Crippen molar-refractivity contribution in [3.05, 3.63) is 35.8 Å². The Kier molecular flexibility index (Phi) is 1.48. The van der Waals surface area contributed by atoms with E-state index in [0.29, 0.717) is 18.8 Å². The highest BCUT2D eigenvalue weighted by Gasteiger charge is 2.34. The molecule has 12 heavy (non-hydrogen) atoms. The Hall–Kier alpha value is -1.22.